The number of likely N-dealkylation sites (tertiary alicyclic amines) is 1. The highest BCUT2D eigenvalue weighted by atomic mass is 16.5. The molecule has 0 aromatic carbocycles. The molecular formula is C18H32N2O4. The summed E-state index contributed by atoms with van der Waals surface area (Å²) in [4.78, 5) is 25.9. The first-order valence-corrected chi connectivity index (χ1v) is 9.15. The molecule has 0 saturated carbocycles. The minimum Gasteiger partial charge on any atom is -0.376 e. The number of piperidine rings is 1. The summed E-state index contributed by atoms with van der Waals surface area (Å²) in [6, 6.07) is 0. The number of carbonyl (C=O) groups is 2. The van der Waals surface area contributed by atoms with Crippen LogP contribution in [-0.2, 0) is 19.1 Å². The summed E-state index contributed by atoms with van der Waals surface area (Å²) in [6.07, 6.45) is 4.85. The Balaban J connectivity index is 1.59. The van der Waals surface area contributed by atoms with Crippen LogP contribution in [0.4, 0.5) is 0 Å². The monoisotopic (exact) mass is 340 g/mol. The Morgan fingerprint density at radius 1 is 1.21 bits per heavy atom. The Labute approximate surface area is 145 Å². The molecule has 2 heterocycles. The van der Waals surface area contributed by atoms with Crippen molar-refractivity contribution in [2.24, 2.45) is 5.41 Å². The van der Waals surface area contributed by atoms with Crippen LogP contribution in [0.1, 0.15) is 52.9 Å². The van der Waals surface area contributed by atoms with E-state index in [9.17, 15) is 9.59 Å². The Morgan fingerprint density at radius 3 is 2.50 bits per heavy atom. The van der Waals surface area contributed by atoms with Crippen molar-refractivity contribution in [3.8, 4) is 0 Å². The van der Waals surface area contributed by atoms with E-state index in [2.05, 4.69) is 5.32 Å². The van der Waals surface area contributed by atoms with Gasteiger partial charge in [-0.1, -0.05) is 20.8 Å². The van der Waals surface area contributed by atoms with Gasteiger partial charge in [-0.25, -0.2) is 0 Å². The van der Waals surface area contributed by atoms with Crippen LogP contribution < -0.4 is 5.32 Å². The van der Waals surface area contributed by atoms with Crippen molar-refractivity contribution in [1.82, 2.24) is 10.2 Å². The standard InChI is InChI=1S/C18H32N2O4/c1-18(2,3)17(22)19-9-6-16(21)20-10-7-14(8-11-20)24-13-15-5-4-12-23-15/h14-15H,4-13H2,1-3H3,(H,19,22). The Morgan fingerprint density at radius 2 is 1.92 bits per heavy atom. The molecule has 0 spiro atoms. The lowest BCUT2D eigenvalue weighted by Gasteiger charge is -2.32. The molecule has 6 nitrogen and oxygen atoms in total. The van der Waals surface area contributed by atoms with E-state index in [0.717, 1.165) is 45.4 Å². The third kappa shape index (κ3) is 6.06. The second-order valence-corrected chi connectivity index (χ2v) is 7.80. The zero-order valence-corrected chi connectivity index (χ0v) is 15.3. The Hall–Kier alpha value is -1.14. The summed E-state index contributed by atoms with van der Waals surface area (Å²) in [6.45, 7) is 9.02. The molecule has 2 fully saturated rings. The molecule has 1 N–H and O–H groups in total. The van der Waals surface area contributed by atoms with Gasteiger partial charge in [0.15, 0.2) is 0 Å². The summed E-state index contributed by atoms with van der Waals surface area (Å²) in [5.41, 5.74) is -0.415. The molecule has 2 rings (SSSR count). The fourth-order valence-electron chi connectivity index (χ4n) is 3.00. The van der Waals surface area contributed by atoms with E-state index in [1.165, 1.54) is 0 Å². The molecule has 1 atom stereocenters. The highest BCUT2D eigenvalue weighted by Gasteiger charge is 2.25. The molecule has 24 heavy (non-hydrogen) atoms. The van der Waals surface area contributed by atoms with Crippen molar-refractivity contribution in [3.05, 3.63) is 0 Å². The number of hydrogen-bond donors (Lipinski definition) is 1. The first kappa shape index (κ1) is 19.2. The van der Waals surface area contributed by atoms with Crippen LogP contribution in [0, 0.1) is 5.41 Å². The van der Waals surface area contributed by atoms with Gasteiger partial charge in [-0.15, -0.1) is 0 Å². The van der Waals surface area contributed by atoms with Crippen molar-refractivity contribution < 1.29 is 19.1 Å². The van der Waals surface area contributed by atoms with E-state index in [0.29, 0.717) is 19.6 Å². The molecule has 2 saturated heterocycles. The summed E-state index contributed by atoms with van der Waals surface area (Å²) < 4.78 is 11.5. The average Bonchev–Trinajstić information content (AvgIpc) is 3.05. The maximum atomic E-state index is 12.2. The van der Waals surface area contributed by atoms with Gasteiger partial charge < -0.3 is 19.7 Å². The van der Waals surface area contributed by atoms with Crippen LogP contribution in [0.2, 0.25) is 0 Å². The van der Waals surface area contributed by atoms with Gasteiger partial charge in [0.2, 0.25) is 11.8 Å². The molecule has 0 aromatic rings. The van der Waals surface area contributed by atoms with Crippen LogP contribution in [0.15, 0.2) is 0 Å². The van der Waals surface area contributed by atoms with Crippen molar-refractivity contribution >= 4 is 11.8 Å². The number of amides is 2. The minimum atomic E-state index is -0.415. The quantitative estimate of drug-likeness (QED) is 0.799. The van der Waals surface area contributed by atoms with Crippen LogP contribution in [-0.4, -0.2) is 61.8 Å². The first-order valence-electron chi connectivity index (χ1n) is 9.15. The Kier molecular flexibility index (Phi) is 7.04. The largest absolute Gasteiger partial charge is 0.376 e. The molecule has 0 aliphatic carbocycles. The summed E-state index contributed by atoms with van der Waals surface area (Å²) in [7, 11) is 0. The lowest BCUT2D eigenvalue weighted by Crippen LogP contribution is -2.43. The van der Waals surface area contributed by atoms with E-state index in [4.69, 9.17) is 9.47 Å². The van der Waals surface area contributed by atoms with Gasteiger partial charge in [0, 0.05) is 38.1 Å². The lowest BCUT2D eigenvalue weighted by atomic mass is 9.96. The highest BCUT2D eigenvalue weighted by molar-refractivity contribution is 5.82. The van der Waals surface area contributed by atoms with Gasteiger partial charge in [0.1, 0.15) is 0 Å². The third-order valence-electron chi connectivity index (χ3n) is 4.64. The van der Waals surface area contributed by atoms with Gasteiger partial charge >= 0.3 is 0 Å². The molecule has 1 unspecified atom stereocenters. The van der Waals surface area contributed by atoms with E-state index in [-0.39, 0.29) is 24.0 Å². The maximum absolute atomic E-state index is 12.2. The molecule has 6 heteroatoms. The normalized spacial score (nSPS) is 22.6. The first-order chi connectivity index (χ1) is 11.4. The minimum absolute atomic E-state index is 0.0171. The van der Waals surface area contributed by atoms with E-state index in [1.807, 2.05) is 25.7 Å². The second kappa shape index (κ2) is 8.81. The third-order valence-corrected chi connectivity index (χ3v) is 4.64. The van der Waals surface area contributed by atoms with Crippen LogP contribution in [0.25, 0.3) is 0 Å². The molecule has 2 aliphatic heterocycles. The van der Waals surface area contributed by atoms with Crippen LogP contribution in [0.5, 0.6) is 0 Å². The van der Waals surface area contributed by atoms with Crippen LogP contribution in [0.3, 0.4) is 0 Å². The number of nitrogens with zero attached hydrogens (tertiary/aromatic N) is 1. The van der Waals surface area contributed by atoms with E-state index >= 15 is 0 Å². The van der Waals surface area contributed by atoms with Gasteiger partial charge in [0.05, 0.1) is 18.8 Å². The molecule has 138 valence electrons. The van der Waals surface area contributed by atoms with Crippen molar-refractivity contribution in [3.63, 3.8) is 0 Å². The maximum Gasteiger partial charge on any atom is 0.225 e. The number of ether oxygens (including phenoxy) is 2. The summed E-state index contributed by atoms with van der Waals surface area (Å²) in [5, 5.41) is 2.83. The highest BCUT2D eigenvalue weighted by Crippen LogP contribution is 2.18. The fourth-order valence-corrected chi connectivity index (χ4v) is 3.00. The number of rotatable bonds is 6. The lowest BCUT2D eigenvalue weighted by molar-refractivity contribution is -0.134. The molecule has 0 radical (unpaired) electrons. The van der Waals surface area contributed by atoms with E-state index in [1.54, 1.807) is 0 Å². The number of carbonyl (C=O) groups excluding carboxylic acids is 2. The number of nitrogens with one attached hydrogen (secondary N) is 1. The topological polar surface area (TPSA) is 67.9 Å². The molecule has 0 bridgehead atoms. The SMILES string of the molecule is CC(C)(C)C(=O)NCCC(=O)N1CCC(OCC2CCCO2)CC1. The molecule has 2 aliphatic rings. The van der Waals surface area contributed by atoms with Crippen LogP contribution >= 0.6 is 0 Å². The van der Waals surface area contributed by atoms with Gasteiger partial charge in [0.25, 0.3) is 0 Å². The predicted molar refractivity (Wildman–Crippen MR) is 91.6 cm³/mol. The van der Waals surface area contributed by atoms with Crippen molar-refractivity contribution in [2.45, 2.75) is 65.1 Å². The van der Waals surface area contributed by atoms with E-state index < -0.39 is 5.41 Å². The van der Waals surface area contributed by atoms with Gasteiger partial charge in [-0.05, 0) is 25.7 Å². The van der Waals surface area contributed by atoms with Gasteiger partial charge in [-0.2, -0.15) is 0 Å². The zero-order chi connectivity index (χ0) is 17.6. The second-order valence-electron chi connectivity index (χ2n) is 7.80. The summed E-state index contributed by atoms with van der Waals surface area (Å²) >= 11 is 0. The van der Waals surface area contributed by atoms with Crippen molar-refractivity contribution in [2.75, 3.05) is 32.8 Å². The smallest absolute Gasteiger partial charge is 0.225 e. The van der Waals surface area contributed by atoms with Gasteiger partial charge in [-0.3, -0.25) is 9.59 Å². The Bertz CT molecular complexity index is 419. The van der Waals surface area contributed by atoms with Crippen molar-refractivity contribution in [1.29, 1.82) is 0 Å². The summed E-state index contributed by atoms with van der Waals surface area (Å²) in [5.74, 6) is 0.0957. The molecule has 2 amide bonds. The molecule has 0 aromatic heterocycles. The fraction of sp³-hybridized carbons (Fsp3) is 0.889. The predicted octanol–water partition coefficient (Wildman–Crippen LogP) is 1.73. The zero-order valence-electron chi connectivity index (χ0n) is 15.3. The average molecular weight is 340 g/mol. The molecular weight excluding hydrogens is 308 g/mol. The number of hydrogen-bond acceptors (Lipinski definition) is 4.